The summed E-state index contributed by atoms with van der Waals surface area (Å²) in [5.41, 5.74) is 4.66. The van der Waals surface area contributed by atoms with Gasteiger partial charge in [-0.1, -0.05) is 18.2 Å². The second-order valence-corrected chi connectivity index (χ2v) is 5.91. The molecule has 2 heterocycles. The zero-order chi connectivity index (χ0) is 17.9. The van der Waals surface area contributed by atoms with Gasteiger partial charge in [-0.15, -0.1) is 0 Å². The highest BCUT2D eigenvalue weighted by Gasteiger charge is 2.11. The minimum Gasteiger partial charge on any atom is -0.508 e. The SMILES string of the molecule is Oc1ccc(-c2cc(-c3ccccn3)cc(-c3ccccc3O)n2)cc1. The van der Waals surface area contributed by atoms with E-state index in [2.05, 4.69) is 4.98 Å². The Kier molecular flexibility index (Phi) is 4.07. The van der Waals surface area contributed by atoms with Gasteiger partial charge in [0.15, 0.2) is 0 Å². The van der Waals surface area contributed by atoms with Gasteiger partial charge in [0.2, 0.25) is 0 Å². The van der Waals surface area contributed by atoms with Crippen molar-refractivity contribution in [1.29, 1.82) is 0 Å². The van der Waals surface area contributed by atoms with Gasteiger partial charge in [0.25, 0.3) is 0 Å². The fraction of sp³-hybridized carbons (Fsp3) is 0. The van der Waals surface area contributed by atoms with Crippen molar-refractivity contribution < 1.29 is 10.2 Å². The largest absolute Gasteiger partial charge is 0.508 e. The monoisotopic (exact) mass is 340 g/mol. The summed E-state index contributed by atoms with van der Waals surface area (Å²) in [4.78, 5) is 9.15. The number of benzene rings is 2. The van der Waals surface area contributed by atoms with E-state index in [0.29, 0.717) is 11.3 Å². The molecule has 26 heavy (non-hydrogen) atoms. The highest BCUT2D eigenvalue weighted by atomic mass is 16.3. The summed E-state index contributed by atoms with van der Waals surface area (Å²) in [5, 5.41) is 19.8. The third-order valence-corrected chi connectivity index (χ3v) is 4.13. The molecule has 0 fully saturated rings. The van der Waals surface area contributed by atoms with Crippen molar-refractivity contribution in [3.63, 3.8) is 0 Å². The van der Waals surface area contributed by atoms with Crippen molar-refractivity contribution in [2.75, 3.05) is 0 Å². The molecular weight excluding hydrogens is 324 g/mol. The molecule has 4 nitrogen and oxygen atoms in total. The summed E-state index contributed by atoms with van der Waals surface area (Å²) >= 11 is 0. The summed E-state index contributed by atoms with van der Waals surface area (Å²) in [7, 11) is 0. The van der Waals surface area contributed by atoms with Crippen LogP contribution in [0.3, 0.4) is 0 Å². The quantitative estimate of drug-likeness (QED) is 0.557. The maximum atomic E-state index is 10.2. The molecule has 0 aliphatic carbocycles. The molecule has 2 aromatic carbocycles. The van der Waals surface area contributed by atoms with Gasteiger partial charge < -0.3 is 10.2 Å². The van der Waals surface area contributed by atoms with Gasteiger partial charge in [-0.25, -0.2) is 4.98 Å². The van der Waals surface area contributed by atoms with E-state index in [1.807, 2.05) is 54.6 Å². The first-order valence-corrected chi connectivity index (χ1v) is 8.22. The predicted octanol–water partition coefficient (Wildman–Crippen LogP) is 4.89. The number of aromatic hydroxyl groups is 2. The molecule has 0 saturated heterocycles. The average Bonchev–Trinajstić information content (AvgIpc) is 2.69. The van der Waals surface area contributed by atoms with E-state index in [9.17, 15) is 10.2 Å². The second-order valence-electron chi connectivity index (χ2n) is 5.91. The van der Waals surface area contributed by atoms with Crippen LogP contribution < -0.4 is 0 Å². The molecule has 0 saturated carbocycles. The minimum absolute atomic E-state index is 0.176. The summed E-state index contributed by atoms with van der Waals surface area (Å²) in [6.07, 6.45) is 1.75. The van der Waals surface area contributed by atoms with E-state index >= 15 is 0 Å². The Morgan fingerprint density at radius 1 is 0.615 bits per heavy atom. The van der Waals surface area contributed by atoms with Gasteiger partial charge >= 0.3 is 0 Å². The topological polar surface area (TPSA) is 66.2 Å². The summed E-state index contributed by atoms with van der Waals surface area (Å²) in [6, 6.07) is 23.6. The molecule has 126 valence electrons. The summed E-state index contributed by atoms with van der Waals surface area (Å²) in [5.74, 6) is 0.380. The van der Waals surface area contributed by atoms with Crippen LogP contribution in [0.25, 0.3) is 33.8 Å². The van der Waals surface area contributed by atoms with Crippen molar-refractivity contribution in [3.05, 3.63) is 85.1 Å². The molecule has 0 radical (unpaired) electrons. The predicted molar refractivity (Wildman–Crippen MR) is 102 cm³/mol. The zero-order valence-electron chi connectivity index (χ0n) is 13.9. The van der Waals surface area contributed by atoms with E-state index in [0.717, 1.165) is 22.5 Å². The fourth-order valence-corrected chi connectivity index (χ4v) is 2.82. The third kappa shape index (κ3) is 3.13. The standard InChI is InChI=1S/C22H16N2O2/c25-17-10-8-15(9-11-17)20-13-16(19-6-3-4-12-23-19)14-21(24-20)18-5-1-2-7-22(18)26/h1-14,25-26H. The lowest BCUT2D eigenvalue weighted by Crippen LogP contribution is -1.92. The molecule has 0 aliphatic rings. The summed E-state index contributed by atoms with van der Waals surface area (Å²) < 4.78 is 0. The van der Waals surface area contributed by atoms with Crippen LogP contribution in [-0.4, -0.2) is 20.2 Å². The van der Waals surface area contributed by atoms with Crippen LogP contribution >= 0.6 is 0 Å². The Bertz CT molecular complexity index is 1050. The van der Waals surface area contributed by atoms with Gasteiger partial charge in [0.05, 0.1) is 17.1 Å². The van der Waals surface area contributed by atoms with Crippen LogP contribution in [0.1, 0.15) is 0 Å². The van der Waals surface area contributed by atoms with Gasteiger partial charge in [0, 0.05) is 22.9 Å². The van der Waals surface area contributed by atoms with Crippen LogP contribution in [0.5, 0.6) is 11.5 Å². The highest BCUT2D eigenvalue weighted by molar-refractivity contribution is 5.77. The van der Waals surface area contributed by atoms with Crippen molar-refractivity contribution >= 4 is 0 Å². The average molecular weight is 340 g/mol. The van der Waals surface area contributed by atoms with Gasteiger partial charge in [-0.05, 0) is 60.7 Å². The van der Waals surface area contributed by atoms with Gasteiger partial charge in [-0.3, -0.25) is 4.98 Å². The first-order valence-electron chi connectivity index (χ1n) is 8.22. The lowest BCUT2D eigenvalue weighted by molar-refractivity contribution is 0.475. The van der Waals surface area contributed by atoms with E-state index in [4.69, 9.17) is 4.98 Å². The molecule has 0 spiro atoms. The Balaban J connectivity index is 1.93. The second kappa shape index (κ2) is 6.69. The molecule has 4 rings (SSSR count). The maximum Gasteiger partial charge on any atom is 0.124 e. The Morgan fingerprint density at radius 2 is 1.35 bits per heavy atom. The smallest absolute Gasteiger partial charge is 0.124 e. The molecule has 0 aliphatic heterocycles. The molecule has 0 amide bonds. The van der Waals surface area contributed by atoms with Crippen molar-refractivity contribution in [3.8, 4) is 45.3 Å². The number of pyridine rings is 2. The normalized spacial score (nSPS) is 10.6. The third-order valence-electron chi connectivity index (χ3n) is 4.13. The molecule has 4 heteroatoms. The number of rotatable bonds is 3. The van der Waals surface area contributed by atoms with Crippen LogP contribution in [0, 0.1) is 0 Å². The number of aromatic nitrogens is 2. The lowest BCUT2D eigenvalue weighted by atomic mass is 10.0. The first kappa shape index (κ1) is 15.8. The number of hydrogen-bond acceptors (Lipinski definition) is 4. The molecular formula is C22H16N2O2. The lowest BCUT2D eigenvalue weighted by Gasteiger charge is -2.10. The van der Waals surface area contributed by atoms with Crippen molar-refractivity contribution in [1.82, 2.24) is 9.97 Å². The Labute approximate surface area is 151 Å². The number of phenolic OH excluding ortho intramolecular Hbond substituents is 2. The van der Waals surface area contributed by atoms with Crippen molar-refractivity contribution in [2.45, 2.75) is 0 Å². The highest BCUT2D eigenvalue weighted by Crippen LogP contribution is 2.33. The van der Waals surface area contributed by atoms with Crippen LogP contribution in [0.2, 0.25) is 0 Å². The van der Waals surface area contributed by atoms with Crippen molar-refractivity contribution in [2.24, 2.45) is 0 Å². The number of hydrogen-bond donors (Lipinski definition) is 2. The van der Waals surface area contributed by atoms with Crippen LogP contribution in [0.4, 0.5) is 0 Å². The van der Waals surface area contributed by atoms with Crippen LogP contribution in [0.15, 0.2) is 85.1 Å². The first-order chi connectivity index (χ1) is 12.7. The number of para-hydroxylation sites is 1. The molecule has 4 aromatic rings. The van der Waals surface area contributed by atoms with Gasteiger partial charge in [-0.2, -0.15) is 0 Å². The zero-order valence-corrected chi connectivity index (χ0v) is 13.9. The Hall–Kier alpha value is -3.66. The Morgan fingerprint density at radius 3 is 2.08 bits per heavy atom. The fourth-order valence-electron chi connectivity index (χ4n) is 2.82. The van der Waals surface area contributed by atoms with E-state index in [-0.39, 0.29) is 11.5 Å². The van der Waals surface area contributed by atoms with Gasteiger partial charge in [0.1, 0.15) is 11.5 Å². The summed E-state index contributed by atoms with van der Waals surface area (Å²) in [6.45, 7) is 0. The van der Waals surface area contributed by atoms with Crippen LogP contribution in [-0.2, 0) is 0 Å². The van der Waals surface area contributed by atoms with E-state index < -0.39 is 0 Å². The molecule has 0 unspecified atom stereocenters. The molecule has 0 atom stereocenters. The maximum absolute atomic E-state index is 10.2. The molecule has 2 N–H and O–H groups in total. The number of nitrogens with zero attached hydrogens (tertiary/aromatic N) is 2. The van der Waals surface area contributed by atoms with E-state index in [1.54, 1.807) is 30.5 Å². The minimum atomic E-state index is 0.176. The van der Waals surface area contributed by atoms with E-state index in [1.165, 1.54) is 0 Å². The molecule has 2 aromatic heterocycles. The number of phenols is 2. The molecule has 0 bridgehead atoms.